The molecule has 29 heavy (non-hydrogen) atoms. The van der Waals surface area contributed by atoms with Crippen LogP contribution in [0.15, 0.2) is 4.99 Å². The van der Waals surface area contributed by atoms with E-state index in [1.807, 2.05) is 13.8 Å². The van der Waals surface area contributed by atoms with E-state index in [1.165, 1.54) is 0 Å². The molecule has 6 N–H and O–H groups in total. The van der Waals surface area contributed by atoms with Crippen molar-refractivity contribution >= 4 is 48.9 Å². The second-order valence-electron chi connectivity index (χ2n) is 7.37. The number of piperidine rings is 1. The maximum Gasteiger partial charge on any atom is 0.240 e. The molecule has 1 aliphatic rings. The van der Waals surface area contributed by atoms with Crippen molar-refractivity contribution in [2.45, 2.75) is 58.0 Å². The molecule has 1 rings (SSSR count). The van der Waals surface area contributed by atoms with Crippen LogP contribution in [0.2, 0.25) is 0 Å². The van der Waals surface area contributed by atoms with E-state index in [-0.39, 0.29) is 61.1 Å². The molecule has 1 aliphatic heterocycles. The van der Waals surface area contributed by atoms with Crippen LogP contribution in [-0.4, -0.2) is 67.2 Å². The summed E-state index contributed by atoms with van der Waals surface area (Å²) in [6.45, 7) is 5.68. The first-order valence-electron chi connectivity index (χ1n) is 9.65. The first kappa shape index (κ1) is 29.6. The molecule has 170 valence electrons. The Kier molecular flexibility index (Phi) is 16.6. The van der Waals surface area contributed by atoms with Crippen LogP contribution in [0.3, 0.4) is 0 Å². The van der Waals surface area contributed by atoms with Crippen molar-refractivity contribution in [3.63, 3.8) is 0 Å². The lowest BCUT2D eigenvalue weighted by molar-refractivity contribution is -0.139. The van der Waals surface area contributed by atoms with Gasteiger partial charge in [-0.2, -0.15) is 0 Å². The lowest BCUT2D eigenvalue weighted by Crippen LogP contribution is -2.52. The van der Waals surface area contributed by atoms with Crippen molar-refractivity contribution in [1.29, 1.82) is 0 Å². The SMILES string of the molecule is CC(C)CN(CC(=O)N[C@H](C=O)CCCN=C(N)N)C(=O)[C@H]1CCCCN1.Cl.Cl. The number of rotatable bonds is 11. The fraction of sp³-hybridized carbons (Fsp3) is 0.778. The number of hydrogen-bond donors (Lipinski definition) is 4. The molecule has 9 nitrogen and oxygen atoms in total. The predicted molar refractivity (Wildman–Crippen MR) is 119 cm³/mol. The van der Waals surface area contributed by atoms with Crippen molar-refractivity contribution < 1.29 is 14.4 Å². The Morgan fingerprint density at radius 1 is 1.28 bits per heavy atom. The number of amides is 2. The number of nitrogens with one attached hydrogen (secondary N) is 2. The summed E-state index contributed by atoms with van der Waals surface area (Å²) in [6, 6.07) is -0.845. The molecule has 1 saturated heterocycles. The largest absolute Gasteiger partial charge is 0.370 e. The van der Waals surface area contributed by atoms with Crippen LogP contribution < -0.4 is 22.1 Å². The quantitative estimate of drug-likeness (QED) is 0.152. The fourth-order valence-corrected chi connectivity index (χ4v) is 3.08. The maximum absolute atomic E-state index is 12.8. The second kappa shape index (κ2) is 16.2. The van der Waals surface area contributed by atoms with Crippen LogP contribution in [0.4, 0.5) is 0 Å². The van der Waals surface area contributed by atoms with Gasteiger partial charge in [0.1, 0.15) is 6.29 Å². The van der Waals surface area contributed by atoms with Gasteiger partial charge in [-0.1, -0.05) is 20.3 Å². The Balaban J connectivity index is 0. The summed E-state index contributed by atoms with van der Waals surface area (Å²) in [5, 5.41) is 5.91. The fourth-order valence-electron chi connectivity index (χ4n) is 3.08. The van der Waals surface area contributed by atoms with E-state index in [0.29, 0.717) is 32.2 Å². The van der Waals surface area contributed by atoms with Gasteiger partial charge in [0.05, 0.1) is 18.6 Å². The maximum atomic E-state index is 12.8. The van der Waals surface area contributed by atoms with Crippen molar-refractivity contribution in [3.05, 3.63) is 0 Å². The van der Waals surface area contributed by atoms with Gasteiger partial charge in [-0.15, -0.1) is 24.8 Å². The lowest BCUT2D eigenvalue weighted by atomic mass is 10.0. The average Bonchev–Trinajstić information content (AvgIpc) is 2.63. The first-order valence-corrected chi connectivity index (χ1v) is 9.65. The van der Waals surface area contributed by atoms with E-state index in [1.54, 1.807) is 4.90 Å². The molecule has 0 aromatic rings. The normalized spacial score (nSPS) is 16.6. The number of guanidine groups is 1. The summed E-state index contributed by atoms with van der Waals surface area (Å²) in [7, 11) is 0. The minimum Gasteiger partial charge on any atom is -0.370 e. The number of aldehydes is 1. The summed E-state index contributed by atoms with van der Waals surface area (Å²) < 4.78 is 0. The molecule has 1 heterocycles. The molecule has 0 aromatic carbocycles. The highest BCUT2D eigenvalue weighted by Crippen LogP contribution is 2.11. The standard InChI is InChI=1S/C18H34N6O3.2ClH/c1-13(2)10-24(17(27)15-7-3-4-8-21-15)11-16(26)23-14(12-25)6-5-9-22-18(19)20;;/h12-15,21H,3-11H2,1-2H3,(H,23,26)(H4,19,20,22);2*1H/t14-,15+;;/m0../s1. The van der Waals surface area contributed by atoms with Gasteiger partial charge in [0, 0.05) is 13.1 Å². The topological polar surface area (TPSA) is 143 Å². The van der Waals surface area contributed by atoms with E-state index in [4.69, 9.17) is 11.5 Å². The third-order valence-electron chi connectivity index (χ3n) is 4.32. The Morgan fingerprint density at radius 2 is 1.97 bits per heavy atom. The molecule has 0 radical (unpaired) electrons. The van der Waals surface area contributed by atoms with Crippen LogP contribution >= 0.6 is 24.8 Å². The van der Waals surface area contributed by atoms with Gasteiger partial charge in [0.15, 0.2) is 5.96 Å². The van der Waals surface area contributed by atoms with Crippen LogP contribution in [0.5, 0.6) is 0 Å². The third kappa shape index (κ3) is 12.6. The molecule has 0 bridgehead atoms. The van der Waals surface area contributed by atoms with Gasteiger partial charge in [0.25, 0.3) is 0 Å². The van der Waals surface area contributed by atoms with Gasteiger partial charge in [-0.25, -0.2) is 0 Å². The monoisotopic (exact) mass is 454 g/mol. The smallest absolute Gasteiger partial charge is 0.240 e. The van der Waals surface area contributed by atoms with Crippen LogP contribution in [-0.2, 0) is 14.4 Å². The number of halogens is 2. The number of nitrogens with two attached hydrogens (primary N) is 2. The molecular formula is C18H36Cl2N6O3. The predicted octanol–water partition coefficient (Wildman–Crippen LogP) is 0.194. The van der Waals surface area contributed by atoms with Gasteiger partial charge in [-0.05, 0) is 38.1 Å². The van der Waals surface area contributed by atoms with Crippen molar-refractivity contribution in [2.75, 3.05) is 26.2 Å². The molecule has 1 fully saturated rings. The summed E-state index contributed by atoms with van der Waals surface area (Å²) >= 11 is 0. The van der Waals surface area contributed by atoms with Gasteiger partial charge >= 0.3 is 0 Å². The van der Waals surface area contributed by atoms with E-state index >= 15 is 0 Å². The van der Waals surface area contributed by atoms with E-state index < -0.39 is 6.04 Å². The molecule has 2 amide bonds. The van der Waals surface area contributed by atoms with Gasteiger partial charge in [-0.3, -0.25) is 14.6 Å². The van der Waals surface area contributed by atoms with Gasteiger partial charge in [0.2, 0.25) is 11.8 Å². The summed E-state index contributed by atoms with van der Waals surface area (Å²) in [5.74, 6) is -0.139. The number of nitrogens with zero attached hydrogens (tertiary/aromatic N) is 2. The minimum atomic E-state index is -0.615. The molecule has 0 unspecified atom stereocenters. The molecule has 0 spiro atoms. The Hall–Kier alpha value is -1.58. The molecular weight excluding hydrogens is 419 g/mol. The molecule has 0 aliphatic carbocycles. The number of hydrogen-bond acceptors (Lipinski definition) is 5. The summed E-state index contributed by atoms with van der Waals surface area (Å²) in [4.78, 5) is 41.8. The average molecular weight is 455 g/mol. The zero-order valence-electron chi connectivity index (χ0n) is 17.3. The summed E-state index contributed by atoms with van der Waals surface area (Å²) in [6.07, 6.45) is 4.57. The van der Waals surface area contributed by atoms with E-state index in [0.717, 1.165) is 25.8 Å². The van der Waals surface area contributed by atoms with Crippen LogP contribution in [0, 0.1) is 5.92 Å². The zero-order chi connectivity index (χ0) is 20.2. The van der Waals surface area contributed by atoms with Crippen LogP contribution in [0.25, 0.3) is 0 Å². The Labute approximate surface area is 185 Å². The second-order valence-corrected chi connectivity index (χ2v) is 7.37. The van der Waals surface area contributed by atoms with Crippen molar-refractivity contribution in [2.24, 2.45) is 22.4 Å². The van der Waals surface area contributed by atoms with Crippen LogP contribution in [0.1, 0.15) is 46.0 Å². The first-order chi connectivity index (χ1) is 12.8. The lowest BCUT2D eigenvalue weighted by Gasteiger charge is -2.31. The van der Waals surface area contributed by atoms with Gasteiger partial charge < -0.3 is 31.8 Å². The van der Waals surface area contributed by atoms with E-state index in [2.05, 4.69) is 15.6 Å². The Bertz CT molecular complexity index is 524. The highest BCUT2D eigenvalue weighted by Gasteiger charge is 2.27. The van der Waals surface area contributed by atoms with E-state index in [9.17, 15) is 14.4 Å². The number of carbonyl (C=O) groups is 3. The number of aliphatic imine (C=N–C) groups is 1. The minimum absolute atomic E-state index is 0. The van der Waals surface area contributed by atoms with Crippen molar-refractivity contribution in [3.8, 4) is 0 Å². The number of carbonyl (C=O) groups excluding carboxylic acids is 3. The third-order valence-corrected chi connectivity index (χ3v) is 4.32. The molecule has 11 heteroatoms. The highest BCUT2D eigenvalue weighted by atomic mass is 35.5. The Morgan fingerprint density at radius 3 is 2.48 bits per heavy atom. The van der Waals surface area contributed by atoms with Crippen molar-refractivity contribution in [1.82, 2.24) is 15.5 Å². The summed E-state index contributed by atoms with van der Waals surface area (Å²) in [5.41, 5.74) is 10.5. The zero-order valence-corrected chi connectivity index (χ0v) is 18.9. The molecule has 2 atom stereocenters. The highest BCUT2D eigenvalue weighted by molar-refractivity contribution is 5.88. The molecule has 0 aromatic heterocycles. The molecule has 0 saturated carbocycles.